The molecule has 0 saturated carbocycles. The van der Waals surface area contributed by atoms with Crippen LogP contribution in [0.3, 0.4) is 0 Å². The first-order chi connectivity index (χ1) is 12.3. The summed E-state index contributed by atoms with van der Waals surface area (Å²) < 4.78 is 1.66. The van der Waals surface area contributed by atoms with Crippen LogP contribution in [0.2, 0.25) is 20.1 Å². The molecule has 3 aromatic rings. The average Bonchev–Trinajstić information content (AvgIpc) is 2.98. The van der Waals surface area contributed by atoms with Gasteiger partial charge in [-0.1, -0.05) is 64.2 Å². The summed E-state index contributed by atoms with van der Waals surface area (Å²) in [6.07, 6.45) is 1.65. The lowest BCUT2D eigenvalue weighted by Gasteiger charge is -2.14. The van der Waals surface area contributed by atoms with Crippen molar-refractivity contribution in [2.45, 2.75) is 18.1 Å². The number of halogens is 4. The molecule has 1 unspecified atom stereocenters. The first-order valence-corrected chi connectivity index (χ1v) is 9.92. The molecule has 0 aliphatic heterocycles. The van der Waals surface area contributed by atoms with E-state index in [4.69, 9.17) is 46.4 Å². The third kappa shape index (κ3) is 4.38. The molecule has 1 aromatic carbocycles. The zero-order valence-electron chi connectivity index (χ0n) is 13.3. The Balaban J connectivity index is 1.65. The van der Waals surface area contributed by atoms with Crippen molar-refractivity contribution >= 4 is 69.7 Å². The maximum absolute atomic E-state index is 12.2. The van der Waals surface area contributed by atoms with Gasteiger partial charge in [-0.3, -0.25) is 9.20 Å². The number of amides is 1. The molecule has 0 saturated heterocycles. The molecule has 5 nitrogen and oxygen atoms in total. The van der Waals surface area contributed by atoms with Gasteiger partial charge in [0.15, 0.2) is 10.8 Å². The van der Waals surface area contributed by atoms with Crippen LogP contribution in [0, 0.1) is 0 Å². The minimum absolute atomic E-state index is 0.154. The number of benzene rings is 1. The quantitative estimate of drug-likeness (QED) is 0.536. The van der Waals surface area contributed by atoms with Gasteiger partial charge >= 0.3 is 0 Å². The summed E-state index contributed by atoms with van der Waals surface area (Å²) in [5.41, 5.74) is 1.35. The number of hydrogen-bond donors (Lipinski definition) is 1. The van der Waals surface area contributed by atoms with E-state index in [-0.39, 0.29) is 17.7 Å². The molecule has 0 aliphatic rings. The molecule has 0 fully saturated rings. The summed E-state index contributed by atoms with van der Waals surface area (Å²) in [4.78, 5) is 12.2. The molecule has 3 rings (SSSR count). The predicted molar refractivity (Wildman–Crippen MR) is 107 cm³/mol. The Bertz CT molecular complexity index is 978. The molecule has 0 bridgehead atoms. The van der Waals surface area contributed by atoms with Crippen LogP contribution >= 0.6 is 58.2 Å². The van der Waals surface area contributed by atoms with Crippen LogP contribution in [0.4, 0.5) is 0 Å². The first kappa shape index (κ1) is 19.6. The number of hydrogen-bond acceptors (Lipinski definition) is 4. The third-order valence-electron chi connectivity index (χ3n) is 3.55. The number of carbonyl (C=O) groups is 1. The van der Waals surface area contributed by atoms with Crippen LogP contribution in [0.15, 0.2) is 35.6 Å². The first-order valence-electron chi connectivity index (χ1n) is 7.42. The average molecular weight is 450 g/mol. The summed E-state index contributed by atoms with van der Waals surface area (Å²) >= 11 is 25.3. The molecule has 0 radical (unpaired) electrons. The summed E-state index contributed by atoms with van der Waals surface area (Å²) in [5.74, 6) is 0.00907. The van der Waals surface area contributed by atoms with Crippen LogP contribution in [-0.2, 0) is 4.79 Å². The summed E-state index contributed by atoms with van der Waals surface area (Å²) in [7, 11) is 0. The molecule has 26 heavy (non-hydrogen) atoms. The summed E-state index contributed by atoms with van der Waals surface area (Å²) in [6, 6.07) is 6.64. The fourth-order valence-electron chi connectivity index (χ4n) is 2.28. The highest BCUT2D eigenvalue weighted by Crippen LogP contribution is 2.27. The number of rotatable bonds is 5. The second kappa shape index (κ2) is 8.23. The normalized spacial score (nSPS) is 12.3. The highest BCUT2D eigenvalue weighted by molar-refractivity contribution is 7.99. The highest BCUT2D eigenvalue weighted by Gasteiger charge is 2.15. The summed E-state index contributed by atoms with van der Waals surface area (Å²) in [5, 5.41) is 13.3. The standard InChI is InChI=1S/C16H12Cl4N4OS/c1-8(9-2-3-11(18)12(19)4-9)21-14(25)7-26-16-23-22-15-13(20)5-10(17)6-24(15)16/h2-6,8H,7H2,1H3,(H,21,25). The Hall–Kier alpha value is -1.18. The largest absolute Gasteiger partial charge is 0.349 e. The maximum atomic E-state index is 12.2. The SMILES string of the molecule is CC(NC(=O)CSc1nnc2c(Cl)cc(Cl)cn12)c1ccc(Cl)c(Cl)c1. The minimum atomic E-state index is -0.211. The number of nitrogens with zero attached hydrogens (tertiary/aromatic N) is 3. The van der Waals surface area contributed by atoms with Gasteiger partial charge in [-0.15, -0.1) is 10.2 Å². The Labute approximate surface area is 174 Å². The smallest absolute Gasteiger partial charge is 0.230 e. The molecule has 1 amide bonds. The van der Waals surface area contributed by atoms with E-state index >= 15 is 0 Å². The minimum Gasteiger partial charge on any atom is -0.349 e. The van der Waals surface area contributed by atoms with E-state index in [1.54, 1.807) is 28.8 Å². The van der Waals surface area contributed by atoms with Crippen LogP contribution < -0.4 is 5.32 Å². The second-order valence-electron chi connectivity index (χ2n) is 5.43. The lowest BCUT2D eigenvalue weighted by molar-refractivity contribution is -0.119. The zero-order valence-corrected chi connectivity index (χ0v) is 17.2. The number of aromatic nitrogens is 3. The Kier molecular flexibility index (Phi) is 6.20. The zero-order chi connectivity index (χ0) is 18.8. The van der Waals surface area contributed by atoms with E-state index < -0.39 is 0 Å². The predicted octanol–water partition coefficient (Wildman–Crippen LogP) is 5.31. The van der Waals surface area contributed by atoms with Crippen molar-refractivity contribution in [1.29, 1.82) is 0 Å². The van der Waals surface area contributed by atoms with E-state index in [1.165, 1.54) is 11.8 Å². The molecular weight excluding hydrogens is 438 g/mol. The lowest BCUT2D eigenvalue weighted by Crippen LogP contribution is -2.28. The van der Waals surface area contributed by atoms with Crippen LogP contribution in [-0.4, -0.2) is 26.3 Å². The molecular formula is C16H12Cl4N4OS. The topological polar surface area (TPSA) is 59.3 Å². The molecule has 0 aliphatic carbocycles. The van der Waals surface area contributed by atoms with Crippen molar-refractivity contribution < 1.29 is 4.79 Å². The van der Waals surface area contributed by atoms with E-state index in [1.807, 2.05) is 13.0 Å². The van der Waals surface area contributed by atoms with E-state index in [0.717, 1.165) is 5.56 Å². The molecule has 2 aromatic heterocycles. The number of carbonyl (C=O) groups excluding carboxylic acids is 1. The molecule has 2 heterocycles. The van der Waals surface area contributed by atoms with Gasteiger partial charge in [0.2, 0.25) is 5.91 Å². The third-order valence-corrected chi connectivity index (χ3v) is 5.72. The van der Waals surface area contributed by atoms with Gasteiger partial charge in [0.05, 0.1) is 31.9 Å². The molecule has 1 N–H and O–H groups in total. The van der Waals surface area contributed by atoms with Crippen molar-refractivity contribution in [3.8, 4) is 0 Å². The van der Waals surface area contributed by atoms with Crippen LogP contribution in [0.25, 0.3) is 5.65 Å². The van der Waals surface area contributed by atoms with Gasteiger partial charge in [0.25, 0.3) is 0 Å². The summed E-state index contributed by atoms with van der Waals surface area (Å²) in [6.45, 7) is 1.87. The lowest BCUT2D eigenvalue weighted by atomic mass is 10.1. The van der Waals surface area contributed by atoms with Gasteiger partial charge in [0, 0.05) is 6.20 Å². The monoisotopic (exact) mass is 448 g/mol. The number of fused-ring (bicyclic) bond motifs is 1. The van der Waals surface area contributed by atoms with E-state index in [2.05, 4.69) is 15.5 Å². The molecule has 0 spiro atoms. The van der Waals surface area contributed by atoms with Crippen molar-refractivity contribution in [3.05, 3.63) is 56.1 Å². The van der Waals surface area contributed by atoms with Crippen molar-refractivity contribution in [2.24, 2.45) is 0 Å². The van der Waals surface area contributed by atoms with E-state index in [9.17, 15) is 4.79 Å². The molecule has 10 heteroatoms. The molecule has 136 valence electrons. The van der Waals surface area contributed by atoms with Crippen molar-refractivity contribution in [2.75, 3.05) is 5.75 Å². The fourth-order valence-corrected chi connectivity index (χ4v) is 3.82. The highest BCUT2D eigenvalue weighted by atomic mass is 35.5. The van der Waals surface area contributed by atoms with Gasteiger partial charge in [-0.05, 0) is 30.7 Å². The van der Waals surface area contributed by atoms with Gasteiger partial charge in [-0.2, -0.15) is 0 Å². The van der Waals surface area contributed by atoms with Crippen LogP contribution in [0.5, 0.6) is 0 Å². The van der Waals surface area contributed by atoms with Gasteiger partial charge < -0.3 is 5.32 Å². The van der Waals surface area contributed by atoms with Crippen molar-refractivity contribution in [3.63, 3.8) is 0 Å². The maximum Gasteiger partial charge on any atom is 0.230 e. The molecule has 1 atom stereocenters. The van der Waals surface area contributed by atoms with Crippen molar-refractivity contribution in [1.82, 2.24) is 19.9 Å². The number of thioether (sulfide) groups is 1. The fraction of sp³-hybridized carbons (Fsp3) is 0.188. The van der Waals surface area contributed by atoms with Gasteiger partial charge in [-0.25, -0.2) is 0 Å². The Morgan fingerprint density at radius 2 is 1.92 bits per heavy atom. The Morgan fingerprint density at radius 1 is 1.15 bits per heavy atom. The Morgan fingerprint density at radius 3 is 2.65 bits per heavy atom. The number of pyridine rings is 1. The second-order valence-corrected chi connectivity index (χ2v) is 8.03. The van der Waals surface area contributed by atoms with Crippen LogP contribution in [0.1, 0.15) is 18.5 Å². The number of nitrogens with one attached hydrogen (secondary N) is 1. The van der Waals surface area contributed by atoms with Gasteiger partial charge in [0.1, 0.15) is 0 Å². The van der Waals surface area contributed by atoms with E-state index in [0.29, 0.717) is 30.9 Å².